The maximum atomic E-state index is 13.4. The fourth-order valence-electron chi connectivity index (χ4n) is 1.77. The summed E-state index contributed by atoms with van der Waals surface area (Å²) >= 11 is 5.84. The number of nitrogens with zero attached hydrogens (tertiary/aromatic N) is 1. The Morgan fingerprint density at radius 1 is 1.33 bits per heavy atom. The molecule has 1 fully saturated rings. The molecule has 2 nitrogen and oxygen atoms in total. The molecular weight excluding hydrogens is 215 g/mol. The molecule has 0 unspecified atom stereocenters. The maximum absolute atomic E-state index is 13.4. The van der Waals surface area contributed by atoms with E-state index >= 15 is 0 Å². The van der Waals surface area contributed by atoms with E-state index in [1.807, 2.05) is 0 Å². The van der Waals surface area contributed by atoms with E-state index in [0.717, 1.165) is 26.2 Å². The molecule has 0 spiro atoms. The Bertz CT molecular complexity index is 337. The van der Waals surface area contributed by atoms with Crippen LogP contribution in [0, 0.1) is 5.82 Å². The first kappa shape index (κ1) is 10.9. The zero-order chi connectivity index (χ0) is 10.7. The second-order valence-corrected chi connectivity index (χ2v) is 4.20. The molecule has 1 aliphatic rings. The SMILES string of the molecule is Fc1ccc(Cl)cc1CN1CCNCC1. The minimum absolute atomic E-state index is 0.169. The van der Waals surface area contributed by atoms with Gasteiger partial charge in [0.15, 0.2) is 0 Å². The van der Waals surface area contributed by atoms with Crippen molar-refractivity contribution in [3.63, 3.8) is 0 Å². The Hall–Kier alpha value is -0.640. The fraction of sp³-hybridized carbons (Fsp3) is 0.455. The van der Waals surface area contributed by atoms with Crippen molar-refractivity contribution in [2.75, 3.05) is 26.2 Å². The molecule has 82 valence electrons. The molecule has 4 heteroatoms. The molecule has 0 bridgehead atoms. The van der Waals surface area contributed by atoms with Gasteiger partial charge in [-0.3, -0.25) is 4.90 Å². The minimum Gasteiger partial charge on any atom is -0.314 e. The van der Waals surface area contributed by atoms with Crippen LogP contribution in [0.1, 0.15) is 5.56 Å². The Labute approximate surface area is 94.0 Å². The first-order valence-corrected chi connectivity index (χ1v) is 5.50. The first-order chi connectivity index (χ1) is 7.25. The van der Waals surface area contributed by atoms with Crippen LogP contribution in [0.2, 0.25) is 5.02 Å². The van der Waals surface area contributed by atoms with Crippen molar-refractivity contribution in [1.29, 1.82) is 0 Å². The second-order valence-electron chi connectivity index (χ2n) is 3.76. The lowest BCUT2D eigenvalue weighted by Crippen LogP contribution is -2.43. The molecule has 2 rings (SSSR count). The average Bonchev–Trinajstić information content (AvgIpc) is 2.25. The van der Waals surface area contributed by atoms with Gasteiger partial charge in [-0.2, -0.15) is 0 Å². The third-order valence-corrected chi connectivity index (χ3v) is 2.85. The molecule has 1 saturated heterocycles. The molecule has 0 radical (unpaired) electrons. The molecule has 15 heavy (non-hydrogen) atoms. The normalized spacial score (nSPS) is 18.0. The Morgan fingerprint density at radius 2 is 2.07 bits per heavy atom. The molecule has 0 amide bonds. The van der Waals surface area contributed by atoms with Crippen molar-refractivity contribution in [3.05, 3.63) is 34.6 Å². The standard InChI is InChI=1S/C11H14ClFN2/c12-10-1-2-11(13)9(7-10)8-15-5-3-14-4-6-15/h1-2,7,14H,3-6,8H2. The number of halogens is 2. The molecule has 1 aromatic carbocycles. The van der Waals surface area contributed by atoms with Crippen molar-refractivity contribution >= 4 is 11.6 Å². The third-order valence-electron chi connectivity index (χ3n) is 2.61. The fourth-order valence-corrected chi connectivity index (χ4v) is 1.97. The van der Waals surface area contributed by atoms with E-state index in [1.54, 1.807) is 12.1 Å². The summed E-state index contributed by atoms with van der Waals surface area (Å²) < 4.78 is 13.4. The van der Waals surface area contributed by atoms with Gasteiger partial charge < -0.3 is 5.32 Å². The highest BCUT2D eigenvalue weighted by Crippen LogP contribution is 2.16. The van der Waals surface area contributed by atoms with Crippen molar-refractivity contribution in [1.82, 2.24) is 10.2 Å². The predicted molar refractivity (Wildman–Crippen MR) is 59.6 cm³/mol. The lowest BCUT2D eigenvalue weighted by Gasteiger charge is -2.27. The van der Waals surface area contributed by atoms with Crippen LogP contribution in [0.5, 0.6) is 0 Å². The molecule has 0 aromatic heterocycles. The average molecular weight is 229 g/mol. The first-order valence-electron chi connectivity index (χ1n) is 5.13. The summed E-state index contributed by atoms with van der Waals surface area (Å²) in [5, 5.41) is 3.86. The Kier molecular flexibility index (Phi) is 3.57. The number of nitrogens with one attached hydrogen (secondary N) is 1. The lowest BCUT2D eigenvalue weighted by molar-refractivity contribution is 0.230. The summed E-state index contributed by atoms with van der Waals surface area (Å²) in [7, 11) is 0. The maximum Gasteiger partial charge on any atom is 0.127 e. The van der Waals surface area contributed by atoms with Crippen LogP contribution in [-0.4, -0.2) is 31.1 Å². The van der Waals surface area contributed by atoms with Crippen LogP contribution >= 0.6 is 11.6 Å². The highest BCUT2D eigenvalue weighted by Gasteiger charge is 2.12. The van der Waals surface area contributed by atoms with Gasteiger partial charge in [-0.15, -0.1) is 0 Å². The van der Waals surface area contributed by atoms with Gasteiger partial charge in [0.25, 0.3) is 0 Å². The highest BCUT2D eigenvalue weighted by molar-refractivity contribution is 6.30. The third kappa shape index (κ3) is 2.91. The quantitative estimate of drug-likeness (QED) is 0.832. The summed E-state index contributed by atoms with van der Waals surface area (Å²) in [5.74, 6) is -0.169. The van der Waals surface area contributed by atoms with E-state index in [2.05, 4.69) is 10.2 Å². The summed E-state index contributed by atoms with van der Waals surface area (Å²) in [4.78, 5) is 2.23. The van der Waals surface area contributed by atoms with Crippen molar-refractivity contribution in [3.8, 4) is 0 Å². The van der Waals surface area contributed by atoms with Gasteiger partial charge in [-0.1, -0.05) is 11.6 Å². The number of piperazine rings is 1. The van der Waals surface area contributed by atoms with Crippen LogP contribution in [0.15, 0.2) is 18.2 Å². The largest absolute Gasteiger partial charge is 0.314 e. The number of rotatable bonds is 2. The molecule has 0 saturated carbocycles. The van der Waals surface area contributed by atoms with Gasteiger partial charge in [0, 0.05) is 43.3 Å². The van der Waals surface area contributed by atoms with E-state index in [1.165, 1.54) is 6.07 Å². The summed E-state index contributed by atoms with van der Waals surface area (Å²) in [6.45, 7) is 4.52. The van der Waals surface area contributed by atoms with Crippen LogP contribution in [0.25, 0.3) is 0 Å². The van der Waals surface area contributed by atoms with E-state index in [-0.39, 0.29) is 5.82 Å². The monoisotopic (exact) mass is 228 g/mol. The zero-order valence-electron chi connectivity index (χ0n) is 8.47. The summed E-state index contributed by atoms with van der Waals surface area (Å²) in [6.07, 6.45) is 0. The summed E-state index contributed by atoms with van der Waals surface area (Å²) in [6, 6.07) is 4.72. The van der Waals surface area contributed by atoms with Crippen molar-refractivity contribution in [2.45, 2.75) is 6.54 Å². The molecule has 1 aromatic rings. The highest BCUT2D eigenvalue weighted by atomic mass is 35.5. The number of benzene rings is 1. The van der Waals surface area contributed by atoms with Gasteiger partial charge in [-0.25, -0.2) is 4.39 Å². The number of hydrogen-bond acceptors (Lipinski definition) is 2. The minimum atomic E-state index is -0.169. The number of hydrogen-bond donors (Lipinski definition) is 1. The van der Waals surface area contributed by atoms with Gasteiger partial charge >= 0.3 is 0 Å². The van der Waals surface area contributed by atoms with Crippen molar-refractivity contribution in [2.24, 2.45) is 0 Å². The van der Waals surface area contributed by atoms with Gasteiger partial charge in [0.2, 0.25) is 0 Å². The molecular formula is C11H14ClFN2. The van der Waals surface area contributed by atoms with E-state index < -0.39 is 0 Å². The molecule has 0 atom stereocenters. The topological polar surface area (TPSA) is 15.3 Å². The van der Waals surface area contributed by atoms with Gasteiger partial charge in [-0.05, 0) is 18.2 Å². The van der Waals surface area contributed by atoms with Gasteiger partial charge in [0.1, 0.15) is 5.82 Å². The molecule has 1 aliphatic heterocycles. The van der Waals surface area contributed by atoms with Crippen LogP contribution in [-0.2, 0) is 6.54 Å². The van der Waals surface area contributed by atoms with E-state index in [0.29, 0.717) is 17.1 Å². The molecule has 1 heterocycles. The summed E-state index contributed by atoms with van der Waals surface area (Å²) in [5.41, 5.74) is 0.685. The zero-order valence-corrected chi connectivity index (χ0v) is 9.23. The van der Waals surface area contributed by atoms with E-state index in [9.17, 15) is 4.39 Å². The van der Waals surface area contributed by atoms with Crippen LogP contribution < -0.4 is 5.32 Å². The van der Waals surface area contributed by atoms with Crippen LogP contribution in [0.4, 0.5) is 4.39 Å². The Balaban J connectivity index is 2.05. The smallest absolute Gasteiger partial charge is 0.127 e. The lowest BCUT2D eigenvalue weighted by atomic mass is 10.2. The van der Waals surface area contributed by atoms with Crippen LogP contribution in [0.3, 0.4) is 0 Å². The Morgan fingerprint density at radius 3 is 2.80 bits per heavy atom. The predicted octanol–water partition coefficient (Wildman–Crippen LogP) is 1.88. The molecule has 1 N–H and O–H groups in total. The molecule has 0 aliphatic carbocycles. The van der Waals surface area contributed by atoms with E-state index in [4.69, 9.17) is 11.6 Å². The van der Waals surface area contributed by atoms with Gasteiger partial charge in [0.05, 0.1) is 0 Å². The van der Waals surface area contributed by atoms with Crippen molar-refractivity contribution < 1.29 is 4.39 Å². The second kappa shape index (κ2) is 4.92.